The number of para-hydroxylation sites is 1. The van der Waals surface area contributed by atoms with Crippen molar-refractivity contribution in [3.8, 4) is 5.88 Å². The van der Waals surface area contributed by atoms with Gasteiger partial charge in [0.25, 0.3) is 0 Å². The highest BCUT2D eigenvalue weighted by Crippen LogP contribution is 2.28. The summed E-state index contributed by atoms with van der Waals surface area (Å²) in [6, 6.07) is 16.3. The van der Waals surface area contributed by atoms with Crippen molar-refractivity contribution in [1.29, 1.82) is 0 Å². The zero-order valence-corrected chi connectivity index (χ0v) is 14.5. The summed E-state index contributed by atoms with van der Waals surface area (Å²) in [5.74, 6) is 0.400. The van der Waals surface area contributed by atoms with E-state index in [9.17, 15) is 8.42 Å². The lowest BCUT2D eigenvalue weighted by Crippen LogP contribution is -2.07. The van der Waals surface area contributed by atoms with Crippen LogP contribution < -0.4 is 4.74 Å². The van der Waals surface area contributed by atoms with Gasteiger partial charge < -0.3 is 4.74 Å². The summed E-state index contributed by atoms with van der Waals surface area (Å²) < 4.78 is 31.3. The van der Waals surface area contributed by atoms with Gasteiger partial charge >= 0.3 is 0 Å². The van der Waals surface area contributed by atoms with Crippen molar-refractivity contribution in [2.24, 2.45) is 0 Å². The molecular weight excluding hydrogens is 322 g/mol. The van der Waals surface area contributed by atoms with Crippen molar-refractivity contribution in [2.75, 3.05) is 6.61 Å². The maximum atomic E-state index is 12.9. The van der Waals surface area contributed by atoms with Gasteiger partial charge in [-0.15, -0.1) is 0 Å². The highest BCUT2D eigenvalue weighted by molar-refractivity contribution is 7.90. The fourth-order valence-electron chi connectivity index (χ4n) is 2.71. The van der Waals surface area contributed by atoms with Crippen LogP contribution in [0.15, 0.2) is 59.5 Å². The van der Waals surface area contributed by atoms with E-state index in [1.54, 1.807) is 12.1 Å². The Bertz CT molecular complexity index is 967. The monoisotopic (exact) mass is 341 g/mol. The predicted octanol–water partition coefficient (Wildman–Crippen LogP) is 3.92. The van der Waals surface area contributed by atoms with Crippen molar-refractivity contribution >= 4 is 20.7 Å². The molecular formula is C19H19NO3S. The maximum Gasteiger partial charge on any atom is 0.214 e. The van der Waals surface area contributed by atoms with Gasteiger partial charge in [0.05, 0.1) is 22.8 Å². The lowest BCUT2D eigenvalue weighted by Gasteiger charge is -2.11. The fraction of sp³-hybridized carbons (Fsp3) is 0.211. The molecule has 0 spiro atoms. The minimum absolute atomic E-state index is 0.0491. The van der Waals surface area contributed by atoms with Crippen molar-refractivity contribution in [3.63, 3.8) is 0 Å². The Morgan fingerprint density at radius 1 is 1.04 bits per heavy atom. The second-order valence-corrected chi connectivity index (χ2v) is 7.57. The number of nitrogens with zero attached hydrogens (tertiary/aromatic N) is 1. The Labute approximate surface area is 142 Å². The number of pyridine rings is 1. The average Bonchev–Trinajstić information content (AvgIpc) is 2.55. The molecule has 3 aromatic rings. The third kappa shape index (κ3) is 3.26. The fourth-order valence-corrected chi connectivity index (χ4v) is 4.23. The first-order valence-corrected chi connectivity index (χ1v) is 9.46. The predicted molar refractivity (Wildman–Crippen MR) is 95.0 cm³/mol. The molecule has 124 valence electrons. The highest BCUT2D eigenvalue weighted by atomic mass is 32.2. The Balaban J connectivity index is 2.14. The van der Waals surface area contributed by atoms with Crippen LogP contribution in [0, 0.1) is 6.92 Å². The molecule has 0 aliphatic carbocycles. The first-order chi connectivity index (χ1) is 11.5. The van der Waals surface area contributed by atoms with Crippen LogP contribution >= 0.6 is 0 Å². The van der Waals surface area contributed by atoms with Gasteiger partial charge in [-0.1, -0.05) is 42.5 Å². The Morgan fingerprint density at radius 2 is 1.79 bits per heavy atom. The minimum Gasteiger partial charge on any atom is -0.478 e. The number of hydrogen-bond acceptors (Lipinski definition) is 4. The Kier molecular flexibility index (Phi) is 4.53. The molecule has 1 aromatic heterocycles. The largest absolute Gasteiger partial charge is 0.478 e. The summed E-state index contributed by atoms with van der Waals surface area (Å²) in [6.45, 7) is 4.29. The molecule has 0 N–H and O–H groups in total. The number of hydrogen-bond donors (Lipinski definition) is 0. The number of aryl methyl sites for hydroxylation is 1. The molecule has 1 heterocycles. The van der Waals surface area contributed by atoms with E-state index in [2.05, 4.69) is 4.98 Å². The van der Waals surface area contributed by atoms with Gasteiger partial charge in [-0.3, -0.25) is 0 Å². The van der Waals surface area contributed by atoms with E-state index in [0.29, 0.717) is 18.0 Å². The molecule has 0 amide bonds. The number of fused-ring (bicyclic) bond motifs is 1. The molecule has 0 saturated carbocycles. The summed E-state index contributed by atoms with van der Waals surface area (Å²) in [6.07, 6.45) is 0. The standard InChI is InChI=1S/C19H19NO3S/c1-3-23-18-12-14(2)16-10-7-11-17(19(16)20-18)24(21,22)13-15-8-5-4-6-9-15/h4-12H,3,13H2,1-2H3. The van der Waals surface area contributed by atoms with E-state index < -0.39 is 9.84 Å². The smallest absolute Gasteiger partial charge is 0.214 e. The third-order valence-electron chi connectivity index (χ3n) is 3.81. The molecule has 0 unspecified atom stereocenters. The Morgan fingerprint density at radius 3 is 2.50 bits per heavy atom. The number of sulfone groups is 1. The first kappa shape index (κ1) is 16.5. The van der Waals surface area contributed by atoms with E-state index >= 15 is 0 Å². The zero-order valence-electron chi connectivity index (χ0n) is 13.7. The summed E-state index contributed by atoms with van der Waals surface area (Å²) >= 11 is 0. The second kappa shape index (κ2) is 6.61. The summed E-state index contributed by atoms with van der Waals surface area (Å²) in [4.78, 5) is 4.68. The van der Waals surface area contributed by atoms with Gasteiger partial charge in [0.15, 0.2) is 9.84 Å². The van der Waals surface area contributed by atoms with E-state index in [0.717, 1.165) is 16.5 Å². The lowest BCUT2D eigenvalue weighted by atomic mass is 10.1. The van der Waals surface area contributed by atoms with E-state index in [-0.39, 0.29) is 10.6 Å². The van der Waals surface area contributed by atoms with Crippen LogP contribution in [0.5, 0.6) is 5.88 Å². The van der Waals surface area contributed by atoms with E-state index in [1.165, 1.54) is 0 Å². The zero-order chi connectivity index (χ0) is 17.2. The molecule has 24 heavy (non-hydrogen) atoms. The van der Waals surface area contributed by atoms with Crippen molar-refractivity contribution in [1.82, 2.24) is 4.98 Å². The van der Waals surface area contributed by atoms with Gasteiger partial charge in [0, 0.05) is 11.5 Å². The molecule has 3 rings (SSSR count). The molecule has 2 aromatic carbocycles. The van der Waals surface area contributed by atoms with Gasteiger partial charge in [0.1, 0.15) is 0 Å². The van der Waals surface area contributed by atoms with Gasteiger partial charge in [-0.05, 0) is 31.0 Å². The van der Waals surface area contributed by atoms with E-state index in [1.807, 2.05) is 56.3 Å². The van der Waals surface area contributed by atoms with Crippen LogP contribution in [-0.4, -0.2) is 20.0 Å². The van der Waals surface area contributed by atoms with Crippen LogP contribution in [0.3, 0.4) is 0 Å². The molecule has 0 aliphatic rings. The van der Waals surface area contributed by atoms with Crippen LogP contribution in [0.2, 0.25) is 0 Å². The van der Waals surface area contributed by atoms with Crippen LogP contribution in [0.25, 0.3) is 10.9 Å². The summed E-state index contributed by atoms with van der Waals surface area (Å²) in [5.41, 5.74) is 2.17. The SMILES string of the molecule is CCOc1cc(C)c2cccc(S(=O)(=O)Cc3ccccc3)c2n1. The van der Waals surface area contributed by atoms with Crippen molar-refractivity contribution in [2.45, 2.75) is 24.5 Å². The van der Waals surface area contributed by atoms with Crippen molar-refractivity contribution in [3.05, 3.63) is 65.7 Å². The number of benzene rings is 2. The topological polar surface area (TPSA) is 56.3 Å². The molecule has 0 atom stereocenters. The molecule has 0 radical (unpaired) electrons. The summed E-state index contributed by atoms with van der Waals surface area (Å²) in [7, 11) is -3.51. The normalized spacial score (nSPS) is 11.6. The third-order valence-corrected chi connectivity index (χ3v) is 5.53. The van der Waals surface area contributed by atoms with Crippen LogP contribution in [0.4, 0.5) is 0 Å². The maximum absolute atomic E-state index is 12.9. The molecule has 0 aliphatic heterocycles. The molecule has 4 nitrogen and oxygen atoms in total. The average molecular weight is 341 g/mol. The van der Waals surface area contributed by atoms with Gasteiger partial charge in [-0.25, -0.2) is 13.4 Å². The molecule has 0 bridgehead atoms. The number of aromatic nitrogens is 1. The quantitative estimate of drug-likeness (QED) is 0.706. The van der Waals surface area contributed by atoms with Crippen LogP contribution in [-0.2, 0) is 15.6 Å². The highest BCUT2D eigenvalue weighted by Gasteiger charge is 2.20. The minimum atomic E-state index is -3.51. The van der Waals surface area contributed by atoms with Gasteiger partial charge in [0.2, 0.25) is 5.88 Å². The van der Waals surface area contributed by atoms with Gasteiger partial charge in [-0.2, -0.15) is 0 Å². The Hall–Kier alpha value is -2.40. The molecule has 5 heteroatoms. The van der Waals surface area contributed by atoms with Crippen LogP contribution in [0.1, 0.15) is 18.1 Å². The number of ether oxygens (including phenoxy) is 1. The van der Waals surface area contributed by atoms with Crippen molar-refractivity contribution < 1.29 is 13.2 Å². The lowest BCUT2D eigenvalue weighted by molar-refractivity contribution is 0.328. The van der Waals surface area contributed by atoms with E-state index in [4.69, 9.17) is 4.74 Å². The molecule has 0 fully saturated rings. The summed E-state index contributed by atoms with van der Waals surface area (Å²) in [5, 5.41) is 0.826. The number of rotatable bonds is 5. The molecule has 0 saturated heterocycles. The second-order valence-electron chi connectivity index (χ2n) is 5.61. The first-order valence-electron chi connectivity index (χ1n) is 7.81.